The quantitative estimate of drug-likeness (QED) is 0.698. The largest absolute Gasteiger partial charge is 0.375 e. The Balaban J connectivity index is 2.53. The lowest BCUT2D eigenvalue weighted by Gasteiger charge is -2.39. The second-order valence-electron chi connectivity index (χ2n) is 6.21. The van der Waals surface area contributed by atoms with Gasteiger partial charge in [-0.1, -0.05) is 13.8 Å². The molecule has 1 fully saturated rings. The minimum atomic E-state index is -0.0519. The molecule has 106 valence electrons. The van der Waals surface area contributed by atoms with Gasteiger partial charge < -0.3 is 9.64 Å². The van der Waals surface area contributed by atoms with E-state index in [0.29, 0.717) is 5.91 Å². The first-order valence-corrected chi connectivity index (χ1v) is 7.29. The van der Waals surface area contributed by atoms with Crippen LogP contribution in [0, 0.1) is 0 Å². The van der Waals surface area contributed by atoms with Crippen molar-refractivity contribution in [3.05, 3.63) is 0 Å². The lowest BCUT2D eigenvalue weighted by Crippen LogP contribution is -2.47. The smallest absolute Gasteiger partial charge is 0.223 e. The Morgan fingerprint density at radius 2 is 1.89 bits per heavy atom. The molecule has 0 N–H and O–H groups in total. The Labute approximate surface area is 112 Å². The normalized spacial score (nSPS) is 20.3. The molecule has 0 spiro atoms. The number of rotatable bonds is 7. The van der Waals surface area contributed by atoms with E-state index in [4.69, 9.17) is 4.74 Å². The molecular weight excluding hydrogens is 226 g/mol. The van der Waals surface area contributed by atoms with Crippen LogP contribution in [0.25, 0.3) is 0 Å². The van der Waals surface area contributed by atoms with Gasteiger partial charge in [-0.05, 0) is 46.5 Å². The average Bonchev–Trinajstić information content (AvgIpc) is 2.75. The summed E-state index contributed by atoms with van der Waals surface area (Å²) >= 11 is 0. The fourth-order valence-corrected chi connectivity index (χ4v) is 2.37. The van der Waals surface area contributed by atoms with Gasteiger partial charge in [-0.15, -0.1) is 0 Å². The summed E-state index contributed by atoms with van der Waals surface area (Å²) in [6.07, 6.45) is 4.67. The molecule has 3 heteroatoms. The number of likely N-dealkylation sites (tertiary alicyclic amines) is 1. The van der Waals surface area contributed by atoms with E-state index in [1.807, 2.05) is 0 Å². The van der Waals surface area contributed by atoms with Gasteiger partial charge in [0, 0.05) is 25.1 Å². The Kier molecular flexibility index (Phi) is 5.20. The first-order chi connectivity index (χ1) is 8.34. The Morgan fingerprint density at radius 1 is 1.22 bits per heavy atom. The molecule has 0 bridgehead atoms. The minimum absolute atomic E-state index is 0.0304. The van der Waals surface area contributed by atoms with Gasteiger partial charge in [0.15, 0.2) is 0 Å². The average molecular weight is 255 g/mol. The van der Waals surface area contributed by atoms with Gasteiger partial charge in [0.25, 0.3) is 0 Å². The summed E-state index contributed by atoms with van der Waals surface area (Å²) in [5.41, 5.74) is -0.0823. The maximum Gasteiger partial charge on any atom is 0.223 e. The lowest BCUT2D eigenvalue weighted by molar-refractivity contribution is -0.134. The standard InChI is InChI=1S/C15H29NO2/c1-6-14(3,4)18-12-10-15(5,7-2)16-11-8-9-13(16)17/h6-12H2,1-5H3. The molecule has 1 rings (SSSR count). The molecule has 0 aliphatic carbocycles. The topological polar surface area (TPSA) is 29.5 Å². The molecule has 3 nitrogen and oxygen atoms in total. The molecule has 0 radical (unpaired) electrons. The highest BCUT2D eigenvalue weighted by molar-refractivity contribution is 5.78. The SMILES string of the molecule is CCC(C)(C)OCCC(C)(CC)N1CCCC1=O. The first-order valence-electron chi connectivity index (χ1n) is 7.29. The van der Waals surface area contributed by atoms with Gasteiger partial charge >= 0.3 is 0 Å². The first kappa shape index (κ1) is 15.5. The van der Waals surface area contributed by atoms with E-state index in [0.717, 1.165) is 45.3 Å². The van der Waals surface area contributed by atoms with Gasteiger partial charge in [0.1, 0.15) is 0 Å². The molecule has 1 saturated heterocycles. The predicted octanol–water partition coefficient (Wildman–Crippen LogP) is 3.37. The van der Waals surface area contributed by atoms with Gasteiger partial charge in [0.05, 0.1) is 5.60 Å². The maximum absolute atomic E-state index is 11.9. The van der Waals surface area contributed by atoms with Crippen molar-refractivity contribution in [1.29, 1.82) is 0 Å². The van der Waals surface area contributed by atoms with Crippen molar-refractivity contribution >= 4 is 5.91 Å². The molecule has 18 heavy (non-hydrogen) atoms. The molecule has 1 amide bonds. The Hall–Kier alpha value is -0.570. The third-order valence-electron chi connectivity index (χ3n) is 4.47. The van der Waals surface area contributed by atoms with Crippen LogP contribution in [0.3, 0.4) is 0 Å². The van der Waals surface area contributed by atoms with Crippen LogP contribution >= 0.6 is 0 Å². The number of hydrogen-bond donors (Lipinski definition) is 0. The van der Waals surface area contributed by atoms with E-state index in [1.54, 1.807) is 0 Å². The van der Waals surface area contributed by atoms with Crippen LogP contribution in [0.5, 0.6) is 0 Å². The van der Waals surface area contributed by atoms with E-state index in [2.05, 4.69) is 39.5 Å². The van der Waals surface area contributed by atoms with Crippen molar-refractivity contribution in [2.75, 3.05) is 13.2 Å². The van der Waals surface area contributed by atoms with E-state index >= 15 is 0 Å². The van der Waals surface area contributed by atoms with Crippen LogP contribution in [-0.2, 0) is 9.53 Å². The summed E-state index contributed by atoms with van der Waals surface area (Å²) in [5, 5.41) is 0. The lowest BCUT2D eigenvalue weighted by atomic mass is 9.92. The van der Waals surface area contributed by atoms with Crippen molar-refractivity contribution in [3.8, 4) is 0 Å². The summed E-state index contributed by atoms with van der Waals surface area (Å²) < 4.78 is 5.93. The highest BCUT2D eigenvalue weighted by Gasteiger charge is 2.36. The second kappa shape index (κ2) is 6.05. The number of nitrogens with zero attached hydrogens (tertiary/aromatic N) is 1. The highest BCUT2D eigenvalue weighted by Crippen LogP contribution is 2.29. The molecule has 1 aliphatic rings. The number of carbonyl (C=O) groups is 1. The molecule has 0 saturated carbocycles. The van der Waals surface area contributed by atoms with Crippen LogP contribution in [0.4, 0.5) is 0 Å². The molecule has 1 atom stereocenters. The van der Waals surface area contributed by atoms with Gasteiger partial charge in [-0.2, -0.15) is 0 Å². The molecule has 1 heterocycles. The molecule has 1 unspecified atom stereocenters. The Bertz CT molecular complexity index is 288. The van der Waals surface area contributed by atoms with E-state index < -0.39 is 0 Å². The van der Waals surface area contributed by atoms with Crippen molar-refractivity contribution < 1.29 is 9.53 Å². The third kappa shape index (κ3) is 3.71. The zero-order valence-corrected chi connectivity index (χ0v) is 12.7. The fourth-order valence-electron chi connectivity index (χ4n) is 2.37. The minimum Gasteiger partial charge on any atom is -0.375 e. The van der Waals surface area contributed by atoms with Gasteiger partial charge in [0.2, 0.25) is 5.91 Å². The molecule has 0 aromatic carbocycles. The third-order valence-corrected chi connectivity index (χ3v) is 4.47. The zero-order valence-electron chi connectivity index (χ0n) is 12.7. The van der Waals surface area contributed by atoms with E-state index in [-0.39, 0.29) is 11.1 Å². The van der Waals surface area contributed by atoms with Crippen molar-refractivity contribution in [3.63, 3.8) is 0 Å². The molecule has 0 aromatic rings. The van der Waals surface area contributed by atoms with Gasteiger partial charge in [-0.25, -0.2) is 0 Å². The van der Waals surface area contributed by atoms with E-state index in [9.17, 15) is 4.79 Å². The van der Waals surface area contributed by atoms with Crippen molar-refractivity contribution in [2.24, 2.45) is 0 Å². The molecule has 1 aliphatic heterocycles. The van der Waals surface area contributed by atoms with Crippen LogP contribution in [-0.4, -0.2) is 35.1 Å². The molecule has 0 aromatic heterocycles. The van der Waals surface area contributed by atoms with Crippen LogP contribution < -0.4 is 0 Å². The molecular formula is C15H29NO2. The van der Waals surface area contributed by atoms with Crippen molar-refractivity contribution in [2.45, 2.75) is 77.9 Å². The summed E-state index contributed by atoms with van der Waals surface area (Å²) in [6.45, 7) is 12.4. The number of hydrogen-bond acceptors (Lipinski definition) is 2. The number of carbonyl (C=O) groups excluding carboxylic acids is 1. The number of amides is 1. The summed E-state index contributed by atoms with van der Waals surface area (Å²) in [6, 6.07) is 0. The van der Waals surface area contributed by atoms with Crippen molar-refractivity contribution in [1.82, 2.24) is 4.90 Å². The Morgan fingerprint density at radius 3 is 2.33 bits per heavy atom. The predicted molar refractivity (Wildman–Crippen MR) is 74.6 cm³/mol. The summed E-state index contributed by atoms with van der Waals surface area (Å²) in [4.78, 5) is 13.9. The zero-order chi connectivity index (χ0) is 13.8. The van der Waals surface area contributed by atoms with E-state index in [1.165, 1.54) is 0 Å². The maximum atomic E-state index is 11.9. The van der Waals surface area contributed by atoms with Gasteiger partial charge in [-0.3, -0.25) is 4.79 Å². The van der Waals surface area contributed by atoms with Crippen LogP contribution in [0.15, 0.2) is 0 Å². The van der Waals surface area contributed by atoms with Crippen LogP contribution in [0.1, 0.15) is 66.7 Å². The monoisotopic (exact) mass is 255 g/mol. The summed E-state index contributed by atoms with van der Waals surface area (Å²) in [5.74, 6) is 0.314. The summed E-state index contributed by atoms with van der Waals surface area (Å²) in [7, 11) is 0. The van der Waals surface area contributed by atoms with Crippen LogP contribution in [0.2, 0.25) is 0 Å². The second-order valence-corrected chi connectivity index (χ2v) is 6.21. The highest BCUT2D eigenvalue weighted by atomic mass is 16.5. The number of ether oxygens (including phenoxy) is 1. The fraction of sp³-hybridized carbons (Fsp3) is 0.933.